The quantitative estimate of drug-likeness (QED) is 0.854. The maximum atomic E-state index is 12.3. The molecule has 1 aromatic carbocycles. The van der Waals surface area contributed by atoms with E-state index >= 15 is 0 Å². The highest BCUT2D eigenvalue weighted by atomic mass is 16.1. The molecule has 0 aliphatic rings. The van der Waals surface area contributed by atoms with Crippen molar-refractivity contribution in [2.45, 2.75) is 26.8 Å². The molecule has 1 atom stereocenters. The van der Waals surface area contributed by atoms with Crippen molar-refractivity contribution in [1.29, 1.82) is 0 Å². The summed E-state index contributed by atoms with van der Waals surface area (Å²) in [6, 6.07) is 12.3. The summed E-state index contributed by atoms with van der Waals surface area (Å²) in [4.78, 5) is 18.6. The average molecular weight is 311 g/mol. The number of rotatable bonds is 7. The Hall–Kier alpha value is -2.20. The summed E-state index contributed by atoms with van der Waals surface area (Å²) < 4.78 is 0. The van der Waals surface area contributed by atoms with Crippen LogP contribution < -0.4 is 5.32 Å². The minimum atomic E-state index is -0.0811. The molecule has 1 amide bonds. The molecule has 1 heterocycles. The molecule has 23 heavy (non-hydrogen) atoms. The first-order valence-corrected chi connectivity index (χ1v) is 8.14. The Labute approximate surface area is 138 Å². The molecule has 0 fully saturated rings. The van der Waals surface area contributed by atoms with Gasteiger partial charge in [0, 0.05) is 18.9 Å². The molecule has 0 saturated heterocycles. The molecule has 1 aromatic heterocycles. The van der Waals surface area contributed by atoms with E-state index in [2.05, 4.69) is 60.2 Å². The van der Waals surface area contributed by atoms with Gasteiger partial charge in [0.1, 0.15) is 0 Å². The highest BCUT2D eigenvalue weighted by Crippen LogP contribution is 2.20. The molecule has 0 bridgehead atoms. The predicted octanol–water partition coefficient (Wildman–Crippen LogP) is 3.20. The normalized spacial score (nSPS) is 12.2. The first kappa shape index (κ1) is 17.2. The van der Waals surface area contributed by atoms with Crippen LogP contribution in [0.15, 0.2) is 48.8 Å². The monoisotopic (exact) mass is 311 g/mol. The Kier molecular flexibility index (Phi) is 6.29. The molecule has 0 aliphatic heterocycles. The summed E-state index contributed by atoms with van der Waals surface area (Å²) >= 11 is 0. The van der Waals surface area contributed by atoms with Gasteiger partial charge >= 0.3 is 0 Å². The van der Waals surface area contributed by atoms with Crippen LogP contribution in [0.4, 0.5) is 0 Å². The number of pyridine rings is 1. The van der Waals surface area contributed by atoms with Gasteiger partial charge in [-0.1, -0.05) is 43.7 Å². The van der Waals surface area contributed by atoms with Gasteiger partial charge < -0.3 is 5.32 Å². The van der Waals surface area contributed by atoms with Crippen LogP contribution in [0.25, 0.3) is 0 Å². The van der Waals surface area contributed by atoms with E-state index in [1.54, 1.807) is 24.5 Å². The second-order valence-corrected chi connectivity index (χ2v) is 5.60. The number of hydrogen-bond acceptors (Lipinski definition) is 3. The van der Waals surface area contributed by atoms with Crippen molar-refractivity contribution in [3.05, 3.63) is 65.5 Å². The summed E-state index contributed by atoms with van der Waals surface area (Å²) in [5.41, 5.74) is 3.06. The number of benzene rings is 1. The highest BCUT2D eigenvalue weighted by Gasteiger charge is 2.19. The second kappa shape index (κ2) is 8.44. The van der Waals surface area contributed by atoms with Gasteiger partial charge in [-0.3, -0.25) is 14.7 Å². The lowest BCUT2D eigenvalue weighted by molar-refractivity contribution is 0.0934. The summed E-state index contributed by atoms with van der Waals surface area (Å²) in [7, 11) is 0. The zero-order chi connectivity index (χ0) is 16.7. The Bertz CT molecular complexity index is 606. The Balaban J connectivity index is 2.11. The SMILES string of the molecule is CCN(CC)C(CNC(=O)c1cccnc1)c1ccc(C)cc1. The van der Waals surface area contributed by atoms with E-state index in [-0.39, 0.29) is 11.9 Å². The van der Waals surface area contributed by atoms with Gasteiger partial charge in [-0.2, -0.15) is 0 Å². The minimum Gasteiger partial charge on any atom is -0.350 e. The second-order valence-electron chi connectivity index (χ2n) is 5.60. The first-order chi connectivity index (χ1) is 11.2. The van der Waals surface area contributed by atoms with Crippen molar-refractivity contribution in [2.75, 3.05) is 19.6 Å². The Morgan fingerprint density at radius 2 is 1.87 bits per heavy atom. The highest BCUT2D eigenvalue weighted by molar-refractivity contribution is 5.93. The molecule has 2 aromatic rings. The van der Waals surface area contributed by atoms with Crippen molar-refractivity contribution < 1.29 is 4.79 Å². The number of amides is 1. The fourth-order valence-corrected chi connectivity index (χ4v) is 2.70. The van der Waals surface area contributed by atoms with Crippen LogP contribution in [0, 0.1) is 6.92 Å². The maximum absolute atomic E-state index is 12.3. The molecular weight excluding hydrogens is 286 g/mol. The van der Waals surface area contributed by atoms with Crippen molar-refractivity contribution in [2.24, 2.45) is 0 Å². The molecule has 1 N–H and O–H groups in total. The van der Waals surface area contributed by atoms with Crippen LogP contribution in [-0.4, -0.2) is 35.4 Å². The fourth-order valence-electron chi connectivity index (χ4n) is 2.70. The number of nitrogens with one attached hydrogen (secondary N) is 1. The van der Waals surface area contributed by atoms with Crippen LogP contribution in [-0.2, 0) is 0 Å². The molecule has 1 unspecified atom stereocenters. The summed E-state index contributed by atoms with van der Waals surface area (Å²) in [6.07, 6.45) is 3.26. The van der Waals surface area contributed by atoms with Crippen LogP contribution in [0.1, 0.15) is 41.4 Å². The minimum absolute atomic E-state index is 0.0811. The smallest absolute Gasteiger partial charge is 0.252 e. The average Bonchev–Trinajstić information content (AvgIpc) is 2.60. The van der Waals surface area contributed by atoms with Crippen LogP contribution in [0.3, 0.4) is 0 Å². The molecule has 4 nitrogen and oxygen atoms in total. The van der Waals surface area contributed by atoms with E-state index in [0.29, 0.717) is 12.1 Å². The lowest BCUT2D eigenvalue weighted by Crippen LogP contribution is -2.38. The van der Waals surface area contributed by atoms with Crippen molar-refractivity contribution in [1.82, 2.24) is 15.2 Å². The molecule has 0 spiro atoms. The number of aromatic nitrogens is 1. The van der Waals surface area contributed by atoms with Crippen LogP contribution >= 0.6 is 0 Å². The van der Waals surface area contributed by atoms with E-state index in [1.165, 1.54) is 11.1 Å². The van der Waals surface area contributed by atoms with E-state index in [0.717, 1.165) is 13.1 Å². The summed E-state index contributed by atoms with van der Waals surface area (Å²) in [5, 5.41) is 3.04. The number of likely N-dealkylation sites (N-methyl/N-ethyl adjacent to an activating group) is 1. The van der Waals surface area contributed by atoms with Gasteiger partial charge in [-0.25, -0.2) is 0 Å². The Morgan fingerprint density at radius 1 is 1.17 bits per heavy atom. The summed E-state index contributed by atoms with van der Waals surface area (Å²) in [5.74, 6) is -0.0811. The number of aryl methyl sites for hydroxylation is 1. The summed E-state index contributed by atoms with van der Waals surface area (Å²) in [6.45, 7) is 8.84. The number of nitrogens with zero attached hydrogens (tertiary/aromatic N) is 2. The maximum Gasteiger partial charge on any atom is 0.252 e. The van der Waals surface area contributed by atoms with Crippen LogP contribution in [0.2, 0.25) is 0 Å². The molecule has 122 valence electrons. The van der Waals surface area contributed by atoms with Crippen molar-refractivity contribution in [3.63, 3.8) is 0 Å². The van der Waals surface area contributed by atoms with E-state index in [1.807, 2.05) is 0 Å². The van der Waals surface area contributed by atoms with Gasteiger partial charge in [0.25, 0.3) is 5.91 Å². The molecule has 2 rings (SSSR count). The molecule has 0 saturated carbocycles. The van der Waals surface area contributed by atoms with E-state index < -0.39 is 0 Å². The third-order valence-electron chi connectivity index (χ3n) is 4.09. The Morgan fingerprint density at radius 3 is 2.43 bits per heavy atom. The topological polar surface area (TPSA) is 45.2 Å². The van der Waals surface area contributed by atoms with E-state index in [4.69, 9.17) is 0 Å². The van der Waals surface area contributed by atoms with Gasteiger partial charge in [0.05, 0.1) is 11.6 Å². The fraction of sp³-hybridized carbons (Fsp3) is 0.368. The van der Waals surface area contributed by atoms with Crippen LogP contribution in [0.5, 0.6) is 0 Å². The third kappa shape index (κ3) is 4.63. The van der Waals surface area contributed by atoms with Gasteiger partial charge in [-0.15, -0.1) is 0 Å². The van der Waals surface area contributed by atoms with Gasteiger partial charge in [0.15, 0.2) is 0 Å². The molecule has 0 radical (unpaired) electrons. The molecule has 0 aliphatic carbocycles. The van der Waals surface area contributed by atoms with Crippen molar-refractivity contribution in [3.8, 4) is 0 Å². The lowest BCUT2D eigenvalue weighted by atomic mass is 10.0. The largest absolute Gasteiger partial charge is 0.350 e. The molecule has 4 heteroatoms. The standard InChI is InChI=1S/C19H25N3O/c1-4-22(5-2)18(16-10-8-15(3)9-11-16)14-21-19(23)17-7-6-12-20-13-17/h6-13,18H,4-5,14H2,1-3H3,(H,21,23). The number of carbonyl (C=O) groups is 1. The first-order valence-electron chi connectivity index (χ1n) is 8.14. The number of carbonyl (C=O) groups excluding carboxylic acids is 1. The number of hydrogen-bond donors (Lipinski definition) is 1. The van der Waals surface area contributed by atoms with Crippen molar-refractivity contribution >= 4 is 5.91 Å². The van der Waals surface area contributed by atoms with Gasteiger partial charge in [0.2, 0.25) is 0 Å². The molecular formula is C19H25N3O. The zero-order valence-corrected chi connectivity index (χ0v) is 14.1. The zero-order valence-electron chi connectivity index (χ0n) is 14.1. The van der Waals surface area contributed by atoms with E-state index in [9.17, 15) is 4.79 Å². The third-order valence-corrected chi connectivity index (χ3v) is 4.09. The lowest BCUT2D eigenvalue weighted by Gasteiger charge is -2.30. The van der Waals surface area contributed by atoms with Gasteiger partial charge in [-0.05, 0) is 37.7 Å². The predicted molar refractivity (Wildman–Crippen MR) is 93.4 cm³/mol.